The summed E-state index contributed by atoms with van der Waals surface area (Å²) in [7, 11) is 3.36. The van der Waals surface area contributed by atoms with Gasteiger partial charge in [0.25, 0.3) is 0 Å². The molecule has 1 aliphatic heterocycles. The van der Waals surface area contributed by atoms with Crippen molar-refractivity contribution in [2.45, 2.75) is 44.9 Å². The average Bonchev–Trinajstić information content (AvgIpc) is 3.21. The molecule has 0 aliphatic carbocycles. The second kappa shape index (κ2) is 10.7. The fraction of sp³-hybridized carbons (Fsp3) is 0.667. The molecule has 1 aromatic heterocycles. The van der Waals surface area contributed by atoms with Gasteiger partial charge in [0.05, 0.1) is 25.0 Å². The first-order chi connectivity index (χ1) is 12.3. The number of hydrogen-bond donors (Lipinski definition) is 2. The van der Waals surface area contributed by atoms with Crippen LogP contribution in [0.25, 0.3) is 0 Å². The number of amides is 1. The maximum atomic E-state index is 12.3. The van der Waals surface area contributed by atoms with Crippen molar-refractivity contribution in [2.75, 3.05) is 33.8 Å². The molecule has 0 bridgehead atoms. The normalized spacial score (nSPS) is 20.2. The fourth-order valence-electron chi connectivity index (χ4n) is 2.76. The number of aliphatic imine (C=N–C) groups is 1. The number of carbonyl (C=O) groups is 1. The quantitative estimate of drug-likeness (QED) is 0.371. The van der Waals surface area contributed by atoms with E-state index in [1.165, 1.54) is 0 Å². The summed E-state index contributed by atoms with van der Waals surface area (Å²) in [4.78, 5) is 18.2. The number of methoxy groups -OCH3 is 1. The van der Waals surface area contributed by atoms with Crippen LogP contribution in [0.15, 0.2) is 27.8 Å². The summed E-state index contributed by atoms with van der Waals surface area (Å²) in [6.07, 6.45) is 1.96. The minimum absolute atomic E-state index is 0. The summed E-state index contributed by atoms with van der Waals surface area (Å²) in [6.45, 7) is 7.23. The summed E-state index contributed by atoms with van der Waals surface area (Å²) < 4.78 is 16.3. The van der Waals surface area contributed by atoms with Crippen LogP contribution in [0, 0.1) is 0 Å². The number of rotatable bonds is 5. The van der Waals surface area contributed by atoms with Crippen molar-refractivity contribution >= 4 is 36.0 Å². The van der Waals surface area contributed by atoms with Crippen LogP contribution in [-0.2, 0) is 15.9 Å². The van der Waals surface area contributed by atoms with Crippen LogP contribution in [0.1, 0.15) is 26.5 Å². The highest BCUT2D eigenvalue weighted by Gasteiger charge is 2.37. The lowest BCUT2D eigenvalue weighted by atomic mass is 10.2. The Morgan fingerprint density at radius 2 is 2.15 bits per heavy atom. The standard InChI is InChI=1S/C18H30N4O4.HI/c1-18(2,3)26-17(23)22-11-14(15(12-22)24-5)21-16(19-4)20-9-8-13-7-6-10-25-13;/h6-7,10,14-15H,8-9,11-12H2,1-5H3,(H2,19,20,21);1H/t14?,15-;/m0./s1. The molecule has 2 N–H and O–H groups in total. The number of guanidine groups is 1. The van der Waals surface area contributed by atoms with Gasteiger partial charge in [0.1, 0.15) is 11.4 Å². The zero-order valence-electron chi connectivity index (χ0n) is 16.7. The predicted molar refractivity (Wildman–Crippen MR) is 115 cm³/mol. The molecule has 1 saturated heterocycles. The van der Waals surface area contributed by atoms with Crippen LogP contribution in [-0.4, -0.2) is 68.5 Å². The number of hydrogen-bond acceptors (Lipinski definition) is 5. The molecule has 9 heteroatoms. The third-order valence-electron chi connectivity index (χ3n) is 4.01. The Morgan fingerprint density at radius 3 is 2.70 bits per heavy atom. The highest BCUT2D eigenvalue weighted by molar-refractivity contribution is 14.0. The van der Waals surface area contributed by atoms with Gasteiger partial charge in [-0.15, -0.1) is 24.0 Å². The number of carbonyl (C=O) groups excluding carboxylic acids is 1. The zero-order valence-corrected chi connectivity index (χ0v) is 19.0. The highest BCUT2D eigenvalue weighted by Crippen LogP contribution is 2.17. The predicted octanol–water partition coefficient (Wildman–Crippen LogP) is 2.24. The number of halogens is 1. The van der Waals surface area contributed by atoms with E-state index in [1.54, 1.807) is 25.3 Å². The molecule has 8 nitrogen and oxygen atoms in total. The maximum absolute atomic E-state index is 12.3. The summed E-state index contributed by atoms with van der Waals surface area (Å²) in [6, 6.07) is 3.74. The van der Waals surface area contributed by atoms with E-state index in [0.29, 0.717) is 25.6 Å². The molecule has 0 aromatic carbocycles. The number of likely N-dealkylation sites (tertiary alicyclic amines) is 1. The van der Waals surface area contributed by atoms with Gasteiger partial charge in [-0.2, -0.15) is 0 Å². The Bertz CT molecular complexity index is 601. The topological polar surface area (TPSA) is 88.3 Å². The van der Waals surface area contributed by atoms with Gasteiger partial charge in [-0.25, -0.2) is 4.79 Å². The van der Waals surface area contributed by atoms with Crippen LogP contribution in [0.5, 0.6) is 0 Å². The van der Waals surface area contributed by atoms with Crippen LogP contribution >= 0.6 is 24.0 Å². The van der Waals surface area contributed by atoms with E-state index in [1.807, 2.05) is 32.9 Å². The molecule has 1 unspecified atom stereocenters. The van der Waals surface area contributed by atoms with E-state index in [2.05, 4.69) is 15.6 Å². The lowest BCUT2D eigenvalue weighted by Gasteiger charge is -2.24. The van der Waals surface area contributed by atoms with E-state index in [-0.39, 0.29) is 42.2 Å². The van der Waals surface area contributed by atoms with E-state index >= 15 is 0 Å². The first-order valence-corrected chi connectivity index (χ1v) is 8.82. The van der Waals surface area contributed by atoms with Gasteiger partial charge >= 0.3 is 6.09 Å². The molecule has 1 aromatic rings. The first kappa shape index (κ1) is 23.5. The number of nitrogens with zero attached hydrogens (tertiary/aromatic N) is 2. The maximum Gasteiger partial charge on any atom is 0.410 e. The van der Waals surface area contributed by atoms with Gasteiger partial charge in [-0.3, -0.25) is 4.99 Å². The average molecular weight is 494 g/mol. The van der Waals surface area contributed by atoms with Crippen molar-refractivity contribution in [2.24, 2.45) is 4.99 Å². The Kier molecular flexibility index (Phi) is 9.37. The molecule has 0 spiro atoms. The number of furan rings is 1. The van der Waals surface area contributed by atoms with Gasteiger partial charge in [-0.05, 0) is 32.9 Å². The van der Waals surface area contributed by atoms with Gasteiger partial charge < -0.3 is 29.4 Å². The largest absolute Gasteiger partial charge is 0.469 e. The Morgan fingerprint density at radius 1 is 1.41 bits per heavy atom. The second-order valence-corrected chi connectivity index (χ2v) is 7.24. The van der Waals surface area contributed by atoms with Crippen LogP contribution in [0.3, 0.4) is 0 Å². The van der Waals surface area contributed by atoms with Gasteiger partial charge in [-0.1, -0.05) is 0 Å². The molecule has 27 heavy (non-hydrogen) atoms. The minimum Gasteiger partial charge on any atom is -0.469 e. The fourth-order valence-corrected chi connectivity index (χ4v) is 2.76. The molecule has 2 atom stereocenters. The Balaban J connectivity index is 0.00000364. The van der Waals surface area contributed by atoms with Crippen molar-refractivity contribution in [3.8, 4) is 0 Å². The van der Waals surface area contributed by atoms with Gasteiger partial charge in [0.2, 0.25) is 0 Å². The van der Waals surface area contributed by atoms with Gasteiger partial charge in [0.15, 0.2) is 5.96 Å². The Labute approximate surface area is 178 Å². The van der Waals surface area contributed by atoms with Crippen molar-refractivity contribution in [1.29, 1.82) is 0 Å². The number of ether oxygens (including phenoxy) is 2. The molecule has 1 aliphatic rings. The SMILES string of the molecule is CN=C(NCCc1ccco1)NC1CN(C(=O)OC(C)(C)C)C[C@@H]1OC.I. The molecule has 2 rings (SSSR count). The van der Waals surface area contributed by atoms with Gasteiger partial charge in [0, 0.05) is 33.7 Å². The smallest absolute Gasteiger partial charge is 0.410 e. The molecule has 1 amide bonds. The lowest BCUT2D eigenvalue weighted by molar-refractivity contribution is 0.0252. The summed E-state index contributed by atoms with van der Waals surface area (Å²) >= 11 is 0. The number of nitrogens with one attached hydrogen (secondary N) is 2. The Hall–Kier alpha value is -1.49. The summed E-state index contributed by atoms with van der Waals surface area (Å²) in [5.41, 5.74) is -0.519. The molecule has 2 heterocycles. The van der Waals surface area contributed by atoms with Crippen molar-refractivity contribution in [3.63, 3.8) is 0 Å². The highest BCUT2D eigenvalue weighted by atomic mass is 127. The zero-order chi connectivity index (χ0) is 19.2. The van der Waals surface area contributed by atoms with Crippen molar-refractivity contribution in [1.82, 2.24) is 15.5 Å². The van der Waals surface area contributed by atoms with E-state index < -0.39 is 5.60 Å². The van der Waals surface area contributed by atoms with Crippen molar-refractivity contribution in [3.05, 3.63) is 24.2 Å². The van der Waals surface area contributed by atoms with Crippen LogP contribution in [0.2, 0.25) is 0 Å². The third kappa shape index (κ3) is 7.57. The molecular weight excluding hydrogens is 463 g/mol. The van der Waals surface area contributed by atoms with Crippen LogP contribution < -0.4 is 10.6 Å². The molecule has 0 saturated carbocycles. The molecule has 154 valence electrons. The summed E-state index contributed by atoms with van der Waals surface area (Å²) in [5.74, 6) is 1.58. The lowest BCUT2D eigenvalue weighted by Crippen LogP contribution is -2.49. The van der Waals surface area contributed by atoms with E-state index in [4.69, 9.17) is 13.9 Å². The molecule has 0 radical (unpaired) electrons. The monoisotopic (exact) mass is 494 g/mol. The summed E-state index contributed by atoms with van der Waals surface area (Å²) in [5, 5.41) is 6.58. The third-order valence-corrected chi connectivity index (χ3v) is 4.01. The van der Waals surface area contributed by atoms with E-state index in [9.17, 15) is 4.79 Å². The van der Waals surface area contributed by atoms with E-state index in [0.717, 1.165) is 12.2 Å². The second-order valence-electron chi connectivity index (χ2n) is 7.24. The molecule has 1 fully saturated rings. The first-order valence-electron chi connectivity index (χ1n) is 8.82. The molecular formula is C18H31IN4O4. The van der Waals surface area contributed by atoms with Crippen molar-refractivity contribution < 1.29 is 18.7 Å². The van der Waals surface area contributed by atoms with Crippen LogP contribution in [0.4, 0.5) is 4.79 Å². The minimum atomic E-state index is -0.519.